The third-order valence-electron chi connectivity index (χ3n) is 2.46. The smallest absolute Gasteiger partial charge is 0.254 e. The molecule has 0 spiro atoms. The monoisotopic (exact) mass is 232 g/mol. The normalized spacial score (nSPS) is 9.82. The van der Waals surface area contributed by atoms with E-state index in [4.69, 9.17) is 10.00 Å². The summed E-state index contributed by atoms with van der Waals surface area (Å²) in [4.78, 5) is 13.6. The fourth-order valence-electron chi connectivity index (χ4n) is 1.46. The van der Waals surface area contributed by atoms with E-state index in [9.17, 15) is 4.79 Å². The number of ether oxygens (including phenoxy) is 1. The van der Waals surface area contributed by atoms with Gasteiger partial charge in [0.2, 0.25) is 0 Å². The lowest BCUT2D eigenvalue weighted by atomic mass is 10.1. The predicted molar refractivity (Wildman–Crippen MR) is 64.8 cm³/mol. The van der Waals surface area contributed by atoms with E-state index in [1.54, 1.807) is 31.4 Å². The van der Waals surface area contributed by atoms with Crippen LogP contribution in [0.4, 0.5) is 0 Å². The second-order valence-electron chi connectivity index (χ2n) is 3.91. The van der Waals surface area contributed by atoms with Gasteiger partial charge in [0.25, 0.3) is 5.91 Å². The summed E-state index contributed by atoms with van der Waals surface area (Å²) in [6.07, 6.45) is 0. The van der Waals surface area contributed by atoms with Gasteiger partial charge in [0, 0.05) is 11.6 Å². The highest BCUT2D eigenvalue weighted by atomic mass is 16.5. The van der Waals surface area contributed by atoms with Gasteiger partial charge in [-0.2, -0.15) is 5.26 Å². The van der Waals surface area contributed by atoms with Crippen LogP contribution < -0.4 is 4.74 Å². The van der Waals surface area contributed by atoms with Crippen molar-refractivity contribution in [2.45, 2.75) is 19.9 Å². The van der Waals surface area contributed by atoms with Crippen LogP contribution in [0.1, 0.15) is 24.2 Å². The first-order valence-corrected chi connectivity index (χ1v) is 5.42. The van der Waals surface area contributed by atoms with Crippen molar-refractivity contribution in [1.29, 1.82) is 5.26 Å². The van der Waals surface area contributed by atoms with E-state index in [-0.39, 0.29) is 18.5 Å². The number of benzene rings is 1. The van der Waals surface area contributed by atoms with Crippen LogP contribution in [0.25, 0.3) is 0 Å². The molecule has 0 heterocycles. The van der Waals surface area contributed by atoms with Gasteiger partial charge in [0.05, 0.1) is 13.2 Å². The molecule has 0 unspecified atom stereocenters. The molecule has 0 N–H and O–H groups in total. The second kappa shape index (κ2) is 5.90. The molecule has 1 aromatic carbocycles. The van der Waals surface area contributed by atoms with Gasteiger partial charge in [0.15, 0.2) is 0 Å². The number of hydrogen-bond donors (Lipinski definition) is 0. The molecule has 1 rings (SSSR count). The number of nitrogens with zero attached hydrogens (tertiary/aromatic N) is 2. The van der Waals surface area contributed by atoms with Crippen molar-refractivity contribution in [2.75, 3.05) is 13.7 Å². The Hall–Kier alpha value is -2.02. The molecule has 4 nitrogen and oxygen atoms in total. The van der Waals surface area contributed by atoms with Crippen molar-refractivity contribution in [2.24, 2.45) is 0 Å². The molecule has 1 aromatic rings. The van der Waals surface area contributed by atoms with Gasteiger partial charge in [-0.05, 0) is 38.1 Å². The van der Waals surface area contributed by atoms with Crippen molar-refractivity contribution in [1.82, 2.24) is 4.90 Å². The summed E-state index contributed by atoms with van der Waals surface area (Å²) in [5.41, 5.74) is 0.565. The zero-order valence-electron chi connectivity index (χ0n) is 10.3. The molecule has 0 atom stereocenters. The first-order chi connectivity index (χ1) is 8.10. The minimum absolute atomic E-state index is 0.00394. The Labute approximate surface area is 101 Å². The van der Waals surface area contributed by atoms with Crippen molar-refractivity contribution in [3.63, 3.8) is 0 Å². The SMILES string of the molecule is COc1ccc(C(=O)N(CC#N)C(C)C)cc1. The van der Waals surface area contributed by atoms with Crippen molar-refractivity contribution in [3.8, 4) is 11.8 Å². The van der Waals surface area contributed by atoms with E-state index >= 15 is 0 Å². The molecule has 0 aliphatic rings. The molecule has 0 saturated carbocycles. The summed E-state index contributed by atoms with van der Waals surface area (Å²) in [7, 11) is 1.58. The van der Waals surface area contributed by atoms with Crippen LogP contribution in [0.3, 0.4) is 0 Å². The van der Waals surface area contributed by atoms with Gasteiger partial charge in [0.1, 0.15) is 12.3 Å². The second-order valence-corrected chi connectivity index (χ2v) is 3.91. The number of hydrogen-bond acceptors (Lipinski definition) is 3. The molecule has 0 fully saturated rings. The van der Waals surface area contributed by atoms with Gasteiger partial charge in [-0.25, -0.2) is 0 Å². The third-order valence-corrected chi connectivity index (χ3v) is 2.46. The van der Waals surface area contributed by atoms with Gasteiger partial charge >= 0.3 is 0 Å². The van der Waals surface area contributed by atoms with Gasteiger partial charge in [-0.15, -0.1) is 0 Å². The molecule has 90 valence electrons. The topological polar surface area (TPSA) is 53.3 Å². The molecule has 0 aromatic heterocycles. The average molecular weight is 232 g/mol. The number of carbonyl (C=O) groups is 1. The lowest BCUT2D eigenvalue weighted by Crippen LogP contribution is -2.37. The Morgan fingerprint density at radius 3 is 2.41 bits per heavy atom. The molecule has 17 heavy (non-hydrogen) atoms. The van der Waals surface area contributed by atoms with Crippen LogP contribution in [0.15, 0.2) is 24.3 Å². The van der Waals surface area contributed by atoms with Gasteiger partial charge < -0.3 is 9.64 Å². The fourth-order valence-corrected chi connectivity index (χ4v) is 1.46. The van der Waals surface area contributed by atoms with E-state index in [0.29, 0.717) is 11.3 Å². The van der Waals surface area contributed by atoms with E-state index < -0.39 is 0 Å². The van der Waals surface area contributed by atoms with E-state index in [2.05, 4.69) is 0 Å². The predicted octanol–water partition coefficient (Wildman–Crippen LogP) is 2.07. The molecule has 0 bridgehead atoms. The maximum Gasteiger partial charge on any atom is 0.254 e. The Morgan fingerprint density at radius 2 is 2.00 bits per heavy atom. The van der Waals surface area contributed by atoms with E-state index in [1.807, 2.05) is 19.9 Å². The molecule has 1 amide bonds. The van der Waals surface area contributed by atoms with Crippen LogP contribution >= 0.6 is 0 Å². The van der Waals surface area contributed by atoms with Crippen molar-refractivity contribution >= 4 is 5.91 Å². The molecular formula is C13H16N2O2. The maximum atomic E-state index is 12.1. The summed E-state index contributed by atoms with van der Waals surface area (Å²) in [6, 6.07) is 8.88. The standard InChI is InChI=1S/C13H16N2O2/c1-10(2)15(9-8-14)13(16)11-4-6-12(17-3)7-5-11/h4-7,10H,9H2,1-3H3. The first kappa shape index (κ1) is 13.0. The summed E-state index contributed by atoms with van der Waals surface area (Å²) in [5, 5.41) is 8.70. The average Bonchev–Trinajstić information content (AvgIpc) is 2.35. The number of carbonyl (C=O) groups excluding carboxylic acids is 1. The zero-order chi connectivity index (χ0) is 12.8. The highest BCUT2D eigenvalue weighted by molar-refractivity contribution is 5.94. The lowest BCUT2D eigenvalue weighted by Gasteiger charge is -2.23. The summed E-state index contributed by atoms with van der Waals surface area (Å²) in [5.74, 6) is 0.571. The Morgan fingerprint density at radius 1 is 1.41 bits per heavy atom. The first-order valence-electron chi connectivity index (χ1n) is 5.42. The number of amides is 1. The lowest BCUT2D eigenvalue weighted by molar-refractivity contribution is 0.0731. The van der Waals surface area contributed by atoms with Crippen LogP contribution in [0.5, 0.6) is 5.75 Å². The van der Waals surface area contributed by atoms with Gasteiger partial charge in [-0.1, -0.05) is 0 Å². The van der Waals surface area contributed by atoms with Crippen LogP contribution in [-0.2, 0) is 0 Å². The molecule has 0 saturated heterocycles. The Balaban J connectivity index is 2.90. The zero-order valence-corrected chi connectivity index (χ0v) is 10.3. The van der Waals surface area contributed by atoms with E-state index in [0.717, 1.165) is 0 Å². The molecule has 0 radical (unpaired) electrons. The van der Waals surface area contributed by atoms with Crippen LogP contribution in [0, 0.1) is 11.3 Å². The Kier molecular flexibility index (Phi) is 4.53. The largest absolute Gasteiger partial charge is 0.497 e. The van der Waals surface area contributed by atoms with E-state index in [1.165, 1.54) is 4.90 Å². The summed E-state index contributed by atoms with van der Waals surface area (Å²) < 4.78 is 5.03. The highest BCUT2D eigenvalue weighted by Gasteiger charge is 2.18. The van der Waals surface area contributed by atoms with Crippen LogP contribution in [0.2, 0.25) is 0 Å². The third kappa shape index (κ3) is 3.22. The van der Waals surface area contributed by atoms with Crippen molar-refractivity contribution < 1.29 is 9.53 Å². The minimum atomic E-state index is -0.135. The summed E-state index contributed by atoms with van der Waals surface area (Å²) >= 11 is 0. The minimum Gasteiger partial charge on any atom is -0.497 e. The van der Waals surface area contributed by atoms with Crippen LogP contribution in [-0.4, -0.2) is 30.5 Å². The number of methoxy groups -OCH3 is 1. The van der Waals surface area contributed by atoms with Crippen molar-refractivity contribution in [3.05, 3.63) is 29.8 Å². The number of rotatable bonds is 4. The molecular weight excluding hydrogens is 216 g/mol. The quantitative estimate of drug-likeness (QED) is 0.747. The maximum absolute atomic E-state index is 12.1. The van der Waals surface area contributed by atoms with Gasteiger partial charge in [-0.3, -0.25) is 4.79 Å². The molecule has 4 heteroatoms. The molecule has 0 aliphatic heterocycles. The number of nitriles is 1. The molecule has 0 aliphatic carbocycles. The summed E-state index contributed by atoms with van der Waals surface area (Å²) in [6.45, 7) is 3.88. The highest BCUT2D eigenvalue weighted by Crippen LogP contribution is 2.14. The fraction of sp³-hybridized carbons (Fsp3) is 0.385. The Bertz CT molecular complexity index is 418.